The molecule has 0 unspecified atom stereocenters. The van der Waals surface area contributed by atoms with Gasteiger partial charge < -0.3 is 25.7 Å². The third-order valence-corrected chi connectivity index (χ3v) is 5.24. The maximum Gasteiger partial charge on any atom is 0.174 e. The fraction of sp³-hybridized carbons (Fsp3) is 0.217. The molecule has 31 heavy (non-hydrogen) atoms. The molecule has 8 heteroatoms. The van der Waals surface area contributed by atoms with Crippen molar-refractivity contribution in [3.63, 3.8) is 0 Å². The van der Waals surface area contributed by atoms with Crippen LogP contribution in [0.3, 0.4) is 0 Å². The quantitative estimate of drug-likeness (QED) is 0.416. The van der Waals surface area contributed by atoms with E-state index in [0.29, 0.717) is 32.3 Å². The second kappa shape index (κ2) is 11.5. The first-order chi connectivity index (χ1) is 15.0. The molecule has 5 nitrogen and oxygen atoms in total. The fourth-order valence-corrected chi connectivity index (χ4v) is 3.31. The van der Waals surface area contributed by atoms with Crippen LogP contribution in [0, 0.1) is 0 Å². The van der Waals surface area contributed by atoms with Gasteiger partial charge in [-0.25, -0.2) is 0 Å². The zero-order chi connectivity index (χ0) is 22.2. The number of rotatable bonds is 10. The first-order valence-electron chi connectivity index (χ1n) is 9.65. The predicted octanol–water partition coefficient (Wildman–Crippen LogP) is 5.21. The Morgan fingerprint density at radius 3 is 1.10 bits per heavy atom. The van der Waals surface area contributed by atoms with E-state index in [1.54, 1.807) is 72.8 Å². The zero-order valence-corrected chi connectivity index (χ0v) is 18.9. The lowest BCUT2D eigenvalue weighted by molar-refractivity contribution is -0.0148. The Morgan fingerprint density at radius 1 is 0.516 bits per heavy atom. The van der Waals surface area contributed by atoms with Crippen molar-refractivity contribution in [3.8, 4) is 17.2 Å². The third-order valence-electron chi connectivity index (χ3n) is 4.49. The van der Waals surface area contributed by atoms with E-state index >= 15 is 0 Å². The highest BCUT2D eigenvalue weighted by Crippen LogP contribution is 2.25. The van der Waals surface area contributed by atoms with Gasteiger partial charge in [-0.05, 0) is 72.8 Å². The van der Waals surface area contributed by atoms with E-state index in [9.17, 15) is 0 Å². The largest absolute Gasteiger partial charge is 0.485 e. The first-order valence-corrected chi connectivity index (χ1v) is 10.8. The summed E-state index contributed by atoms with van der Waals surface area (Å²) in [6.07, 6.45) is -1.74. The number of hydrogen-bond acceptors (Lipinski definition) is 5. The number of ether oxygens (including phenoxy) is 3. The first kappa shape index (κ1) is 23.5. The average molecular weight is 482 g/mol. The molecule has 3 aromatic rings. The fourth-order valence-electron chi connectivity index (χ4n) is 2.94. The van der Waals surface area contributed by atoms with Gasteiger partial charge in [0.05, 0.1) is 0 Å². The van der Waals surface area contributed by atoms with Gasteiger partial charge in [0.2, 0.25) is 0 Å². The van der Waals surface area contributed by atoms with Gasteiger partial charge in [0.15, 0.2) is 18.3 Å². The lowest BCUT2D eigenvalue weighted by atomic mass is 10.1. The smallest absolute Gasteiger partial charge is 0.174 e. The molecule has 4 N–H and O–H groups in total. The summed E-state index contributed by atoms with van der Waals surface area (Å²) in [5.41, 5.74) is 12.1. The minimum atomic E-state index is -0.623. The molecule has 0 saturated heterocycles. The minimum Gasteiger partial charge on any atom is -0.485 e. The second-order valence-electron chi connectivity index (χ2n) is 6.73. The van der Waals surface area contributed by atoms with E-state index in [2.05, 4.69) is 0 Å². The molecular weight excluding hydrogens is 459 g/mol. The maximum absolute atomic E-state index is 6.25. The molecule has 0 spiro atoms. The summed E-state index contributed by atoms with van der Waals surface area (Å²) in [7, 11) is 0. The van der Waals surface area contributed by atoms with Gasteiger partial charge in [-0.3, -0.25) is 0 Å². The Kier molecular flexibility index (Phi) is 8.69. The van der Waals surface area contributed by atoms with Crippen molar-refractivity contribution < 1.29 is 14.2 Å². The van der Waals surface area contributed by atoms with Crippen LogP contribution in [0.25, 0.3) is 0 Å². The minimum absolute atomic E-state index is 0.168. The molecule has 0 amide bonds. The van der Waals surface area contributed by atoms with Crippen molar-refractivity contribution in [1.29, 1.82) is 0 Å². The lowest BCUT2D eigenvalue weighted by Crippen LogP contribution is -2.53. The van der Waals surface area contributed by atoms with Crippen LogP contribution in [0.5, 0.6) is 17.2 Å². The van der Waals surface area contributed by atoms with Crippen LogP contribution in [0.15, 0.2) is 72.8 Å². The Morgan fingerprint density at radius 2 is 0.806 bits per heavy atom. The van der Waals surface area contributed by atoms with Crippen LogP contribution in [0.4, 0.5) is 0 Å². The molecule has 0 aliphatic heterocycles. The zero-order valence-electron chi connectivity index (χ0n) is 16.6. The van der Waals surface area contributed by atoms with Gasteiger partial charge in [-0.15, -0.1) is 0 Å². The Labute approximate surface area is 196 Å². The highest BCUT2D eigenvalue weighted by molar-refractivity contribution is 6.31. The molecule has 0 aliphatic rings. The van der Waals surface area contributed by atoms with E-state index in [0.717, 1.165) is 0 Å². The summed E-state index contributed by atoms with van der Waals surface area (Å²) >= 11 is 18.0. The van der Waals surface area contributed by atoms with Crippen LogP contribution in [0.2, 0.25) is 15.1 Å². The Balaban J connectivity index is 1.87. The van der Waals surface area contributed by atoms with Crippen LogP contribution in [-0.4, -0.2) is 31.4 Å². The van der Waals surface area contributed by atoms with Crippen molar-refractivity contribution >= 4 is 34.8 Å². The van der Waals surface area contributed by atoms with Gasteiger partial charge in [0, 0.05) is 28.2 Å². The van der Waals surface area contributed by atoms with E-state index < -0.39 is 18.3 Å². The Hall–Kier alpha value is -2.15. The van der Waals surface area contributed by atoms with Crippen LogP contribution >= 0.6 is 34.8 Å². The van der Waals surface area contributed by atoms with Gasteiger partial charge in [-0.1, -0.05) is 34.8 Å². The van der Waals surface area contributed by atoms with Crippen molar-refractivity contribution in [2.24, 2.45) is 11.5 Å². The average Bonchev–Trinajstić information content (AvgIpc) is 2.78. The number of halogens is 3. The summed E-state index contributed by atoms with van der Waals surface area (Å²) in [4.78, 5) is 0. The summed E-state index contributed by atoms with van der Waals surface area (Å²) in [6.45, 7) is 0.336. The van der Waals surface area contributed by atoms with E-state index in [1.807, 2.05) is 0 Å². The molecular formula is C23H23Cl3N2O3. The number of nitrogens with two attached hydrogens (primary N) is 2. The molecule has 0 fully saturated rings. The van der Waals surface area contributed by atoms with Crippen LogP contribution in [0.1, 0.15) is 0 Å². The van der Waals surface area contributed by atoms with Crippen LogP contribution < -0.4 is 25.7 Å². The summed E-state index contributed by atoms with van der Waals surface area (Å²) < 4.78 is 18.5. The van der Waals surface area contributed by atoms with E-state index in [1.165, 1.54) is 0 Å². The molecule has 3 aromatic carbocycles. The van der Waals surface area contributed by atoms with Gasteiger partial charge in [0.25, 0.3) is 0 Å². The molecule has 164 valence electrons. The molecule has 0 aromatic heterocycles. The molecule has 0 saturated carbocycles. The topological polar surface area (TPSA) is 79.7 Å². The molecule has 3 rings (SSSR count). The van der Waals surface area contributed by atoms with Gasteiger partial charge >= 0.3 is 0 Å². The third kappa shape index (κ3) is 6.92. The summed E-state index contributed by atoms with van der Waals surface area (Å²) in [5.74, 6) is 1.80. The predicted molar refractivity (Wildman–Crippen MR) is 126 cm³/mol. The lowest BCUT2D eigenvalue weighted by Gasteiger charge is -2.33. The number of hydrogen-bond donors (Lipinski definition) is 2. The van der Waals surface area contributed by atoms with Crippen molar-refractivity contribution in [2.75, 3.05) is 13.1 Å². The van der Waals surface area contributed by atoms with Crippen molar-refractivity contribution in [3.05, 3.63) is 87.9 Å². The van der Waals surface area contributed by atoms with Crippen molar-refractivity contribution in [1.82, 2.24) is 0 Å². The molecule has 0 heterocycles. The molecule has 0 radical (unpaired) electrons. The van der Waals surface area contributed by atoms with Crippen LogP contribution in [-0.2, 0) is 0 Å². The van der Waals surface area contributed by atoms with Gasteiger partial charge in [-0.2, -0.15) is 0 Å². The normalized spacial score (nSPS) is 13.0. The monoisotopic (exact) mass is 480 g/mol. The van der Waals surface area contributed by atoms with Gasteiger partial charge in [0.1, 0.15) is 17.2 Å². The maximum atomic E-state index is 6.25. The summed E-state index contributed by atoms with van der Waals surface area (Å²) in [6, 6.07) is 21.0. The highest BCUT2D eigenvalue weighted by Gasteiger charge is 2.34. The van der Waals surface area contributed by atoms with E-state index in [-0.39, 0.29) is 13.1 Å². The molecule has 0 aliphatic carbocycles. The number of benzene rings is 3. The van der Waals surface area contributed by atoms with Crippen molar-refractivity contribution in [2.45, 2.75) is 18.3 Å². The Bertz CT molecular complexity index is 882. The highest BCUT2D eigenvalue weighted by atomic mass is 35.5. The molecule has 0 bridgehead atoms. The van der Waals surface area contributed by atoms with E-state index in [4.69, 9.17) is 60.5 Å². The molecule has 2 atom stereocenters. The standard InChI is InChI=1S/C23H23Cl3N2O3/c24-15-1-7-18(8-2-15)29-21(13-27)23(31-20-11-5-17(26)6-12-20)22(14-28)30-19-9-3-16(25)4-10-19/h1-12,21-23H,13-14,27-28H2/t21-,22-/m1/s1. The second-order valence-corrected chi connectivity index (χ2v) is 8.04. The SMILES string of the molecule is NC[C@@H](Oc1ccc(Cl)cc1)C(Oc1ccc(Cl)cc1)[C@@H](CN)Oc1ccc(Cl)cc1. The summed E-state index contributed by atoms with van der Waals surface area (Å²) in [5, 5.41) is 1.82.